The zero-order valence-electron chi connectivity index (χ0n) is 11.7. The van der Waals surface area contributed by atoms with E-state index in [9.17, 15) is 9.90 Å². The van der Waals surface area contributed by atoms with E-state index in [1.807, 2.05) is 6.08 Å². The summed E-state index contributed by atoms with van der Waals surface area (Å²) in [6, 6.07) is 0. The Balaban J connectivity index is 4.20. The highest BCUT2D eigenvalue weighted by Gasteiger charge is 2.06. The summed E-state index contributed by atoms with van der Waals surface area (Å²) in [7, 11) is 0. The Morgan fingerprint density at radius 3 is 2.39 bits per heavy atom. The molecule has 0 aliphatic rings. The summed E-state index contributed by atoms with van der Waals surface area (Å²) in [4.78, 5) is 10.7. The number of rotatable bonds is 10. The van der Waals surface area contributed by atoms with Crippen molar-refractivity contribution in [3.63, 3.8) is 0 Å². The number of terminal acetylenes is 1. The molecule has 0 fully saturated rings. The molecule has 0 aliphatic heterocycles. The lowest BCUT2D eigenvalue weighted by Crippen LogP contribution is -2.23. The number of carbonyl (C=O) groups excluding carboxylic acids is 1. The molecular weight excluding hydrogens is 224 g/mol. The molecule has 0 aromatic heterocycles. The van der Waals surface area contributed by atoms with Gasteiger partial charge in [0.1, 0.15) is 0 Å². The lowest BCUT2D eigenvalue weighted by Gasteiger charge is -2.14. The molecule has 0 radical (unpaired) electrons. The Bertz CT molecular complexity index is 297. The van der Waals surface area contributed by atoms with Crippen LogP contribution in [0.3, 0.4) is 0 Å². The number of hydrogen-bond acceptors (Lipinski definition) is 2. The molecule has 1 unspecified atom stereocenters. The van der Waals surface area contributed by atoms with Crippen LogP contribution < -0.4 is 5.11 Å². The summed E-state index contributed by atoms with van der Waals surface area (Å²) in [5, 5.41) is 10.7. The molecule has 0 spiro atoms. The SMILES string of the molecule is C#CCCCCC(/C=C(\C)C(=O)[O-])CCCCC. The second-order valence-electron chi connectivity index (χ2n) is 4.84. The topological polar surface area (TPSA) is 40.1 Å². The van der Waals surface area contributed by atoms with Gasteiger partial charge in [-0.3, -0.25) is 0 Å². The molecule has 2 nitrogen and oxygen atoms in total. The number of hydrogen-bond donors (Lipinski definition) is 0. The molecule has 18 heavy (non-hydrogen) atoms. The first-order chi connectivity index (χ1) is 8.61. The molecule has 2 heteroatoms. The second-order valence-corrected chi connectivity index (χ2v) is 4.84. The van der Waals surface area contributed by atoms with Gasteiger partial charge in [0.25, 0.3) is 0 Å². The first-order valence-electron chi connectivity index (χ1n) is 6.95. The van der Waals surface area contributed by atoms with Crippen molar-refractivity contribution in [2.75, 3.05) is 0 Å². The average molecular weight is 249 g/mol. The van der Waals surface area contributed by atoms with Gasteiger partial charge in [0, 0.05) is 6.42 Å². The maximum atomic E-state index is 10.7. The van der Waals surface area contributed by atoms with Crippen molar-refractivity contribution >= 4 is 5.97 Å². The maximum Gasteiger partial charge on any atom is 0.0668 e. The molecule has 0 bridgehead atoms. The largest absolute Gasteiger partial charge is 0.545 e. The van der Waals surface area contributed by atoms with E-state index in [-0.39, 0.29) is 0 Å². The van der Waals surface area contributed by atoms with Crippen LogP contribution in [0.2, 0.25) is 0 Å². The van der Waals surface area contributed by atoms with Gasteiger partial charge in [-0.2, -0.15) is 0 Å². The minimum Gasteiger partial charge on any atom is -0.545 e. The Morgan fingerprint density at radius 2 is 1.89 bits per heavy atom. The van der Waals surface area contributed by atoms with Gasteiger partial charge in [0.15, 0.2) is 0 Å². The molecule has 0 aromatic carbocycles. The highest BCUT2D eigenvalue weighted by molar-refractivity contribution is 5.83. The number of carboxylic acids is 1. The van der Waals surface area contributed by atoms with Crippen molar-refractivity contribution in [1.82, 2.24) is 0 Å². The lowest BCUT2D eigenvalue weighted by molar-refractivity contribution is -0.299. The zero-order chi connectivity index (χ0) is 13.8. The summed E-state index contributed by atoms with van der Waals surface area (Å²) in [6.45, 7) is 3.79. The van der Waals surface area contributed by atoms with Crippen molar-refractivity contribution in [3.05, 3.63) is 11.6 Å². The monoisotopic (exact) mass is 249 g/mol. The standard InChI is InChI=1S/C16H26O2/c1-4-6-8-10-12-15(11-9-7-5-2)13-14(3)16(17)18/h1,13,15H,5-12H2,2-3H3,(H,17,18)/p-1/b14-13+. The van der Waals surface area contributed by atoms with Crippen LogP contribution in [0.25, 0.3) is 0 Å². The first kappa shape index (κ1) is 16.8. The molecular formula is C16H25O2-. The molecule has 0 saturated carbocycles. The Kier molecular flexibility index (Phi) is 10.2. The molecule has 0 N–H and O–H groups in total. The number of unbranched alkanes of at least 4 members (excludes halogenated alkanes) is 4. The van der Waals surface area contributed by atoms with Crippen LogP contribution in [-0.4, -0.2) is 5.97 Å². The van der Waals surface area contributed by atoms with E-state index in [4.69, 9.17) is 6.42 Å². The molecule has 0 amide bonds. The smallest absolute Gasteiger partial charge is 0.0668 e. The Labute approximate surface area is 111 Å². The van der Waals surface area contributed by atoms with Gasteiger partial charge in [-0.1, -0.05) is 38.7 Å². The van der Waals surface area contributed by atoms with Crippen LogP contribution in [0.15, 0.2) is 11.6 Å². The molecule has 0 aromatic rings. The van der Waals surface area contributed by atoms with Gasteiger partial charge in [-0.25, -0.2) is 0 Å². The van der Waals surface area contributed by atoms with Crippen LogP contribution in [-0.2, 0) is 4.79 Å². The van der Waals surface area contributed by atoms with Gasteiger partial charge in [-0.15, -0.1) is 12.3 Å². The summed E-state index contributed by atoms with van der Waals surface area (Å²) in [6.07, 6.45) is 15.6. The van der Waals surface area contributed by atoms with E-state index in [1.54, 1.807) is 6.92 Å². The number of allylic oxidation sites excluding steroid dienone is 1. The minimum atomic E-state index is -1.06. The van der Waals surface area contributed by atoms with Crippen LogP contribution in [0.4, 0.5) is 0 Å². The molecule has 0 saturated heterocycles. The van der Waals surface area contributed by atoms with Crippen molar-refractivity contribution in [2.24, 2.45) is 5.92 Å². The van der Waals surface area contributed by atoms with Gasteiger partial charge in [0.05, 0.1) is 5.97 Å². The average Bonchev–Trinajstić information content (AvgIpc) is 2.34. The second kappa shape index (κ2) is 10.9. The van der Waals surface area contributed by atoms with E-state index in [0.717, 1.165) is 38.5 Å². The van der Waals surface area contributed by atoms with Crippen molar-refractivity contribution in [2.45, 2.75) is 65.2 Å². The Morgan fingerprint density at radius 1 is 1.28 bits per heavy atom. The normalized spacial score (nSPS) is 13.1. The van der Waals surface area contributed by atoms with Crippen molar-refractivity contribution in [3.8, 4) is 12.3 Å². The summed E-state index contributed by atoms with van der Waals surface area (Å²) in [5.74, 6) is 1.93. The van der Waals surface area contributed by atoms with Gasteiger partial charge in [0.2, 0.25) is 0 Å². The molecule has 1 atom stereocenters. The fraction of sp³-hybridized carbons (Fsp3) is 0.688. The fourth-order valence-corrected chi connectivity index (χ4v) is 2.02. The Hall–Kier alpha value is -1.23. The maximum absolute atomic E-state index is 10.7. The van der Waals surface area contributed by atoms with E-state index >= 15 is 0 Å². The highest BCUT2D eigenvalue weighted by Crippen LogP contribution is 2.20. The van der Waals surface area contributed by atoms with Crippen LogP contribution in [0.1, 0.15) is 65.2 Å². The fourth-order valence-electron chi connectivity index (χ4n) is 2.02. The molecule has 0 aliphatic carbocycles. The predicted molar refractivity (Wildman–Crippen MR) is 73.7 cm³/mol. The number of carbonyl (C=O) groups is 1. The predicted octanol–water partition coefficient (Wildman–Crippen LogP) is 3.07. The van der Waals surface area contributed by atoms with Crippen LogP contribution in [0.5, 0.6) is 0 Å². The lowest BCUT2D eigenvalue weighted by atomic mass is 9.93. The van der Waals surface area contributed by atoms with Crippen LogP contribution in [0, 0.1) is 18.3 Å². The van der Waals surface area contributed by atoms with E-state index < -0.39 is 5.97 Å². The molecule has 0 heterocycles. The summed E-state index contributed by atoms with van der Waals surface area (Å²) >= 11 is 0. The molecule has 0 rings (SSSR count). The summed E-state index contributed by atoms with van der Waals surface area (Å²) in [5.41, 5.74) is 0.355. The third-order valence-corrected chi connectivity index (χ3v) is 3.13. The minimum absolute atomic E-state index is 0.354. The van der Waals surface area contributed by atoms with Gasteiger partial charge < -0.3 is 9.90 Å². The quantitative estimate of drug-likeness (QED) is 0.339. The van der Waals surface area contributed by atoms with Crippen LogP contribution >= 0.6 is 0 Å². The number of carboxylic acid groups (broad SMARTS) is 1. The van der Waals surface area contributed by atoms with E-state index in [2.05, 4.69) is 12.8 Å². The first-order valence-corrected chi connectivity index (χ1v) is 6.95. The van der Waals surface area contributed by atoms with Crippen molar-refractivity contribution in [1.29, 1.82) is 0 Å². The summed E-state index contributed by atoms with van der Waals surface area (Å²) < 4.78 is 0. The molecule has 102 valence electrons. The third kappa shape index (κ3) is 8.87. The van der Waals surface area contributed by atoms with Gasteiger partial charge in [-0.05, 0) is 37.7 Å². The zero-order valence-corrected chi connectivity index (χ0v) is 11.7. The van der Waals surface area contributed by atoms with E-state index in [0.29, 0.717) is 11.5 Å². The highest BCUT2D eigenvalue weighted by atomic mass is 16.4. The third-order valence-electron chi connectivity index (χ3n) is 3.13. The van der Waals surface area contributed by atoms with Gasteiger partial charge >= 0.3 is 0 Å². The number of aliphatic carboxylic acids is 1. The van der Waals surface area contributed by atoms with Crippen molar-refractivity contribution < 1.29 is 9.90 Å². The van der Waals surface area contributed by atoms with E-state index in [1.165, 1.54) is 12.8 Å².